The minimum Gasteiger partial charge on any atom is -0.488 e. The van der Waals surface area contributed by atoms with E-state index in [1.54, 1.807) is 13.2 Å². The lowest BCUT2D eigenvalue weighted by molar-refractivity contribution is -0.138. The van der Waals surface area contributed by atoms with Crippen molar-refractivity contribution >= 4 is 0 Å². The lowest BCUT2D eigenvalue weighted by Gasteiger charge is -2.31. The Labute approximate surface area is 121 Å². The third-order valence-corrected chi connectivity index (χ3v) is 3.65. The highest BCUT2D eigenvalue weighted by atomic mass is 19.4. The molecule has 2 atom stereocenters. The average Bonchev–Trinajstić information content (AvgIpc) is 2.47. The molecule has 1 aromatic carbocycles. The second-order valence-electron chi connectivity index (χ2n) is 5.03. The maximum atomic E-state index is 12.9. The van der Waals surface area contributed by atoms with Crippen LogP contribution >= 0.6 is 0 Å². The van der Waals surface area contributed by atoms with Crippen LogP contribution in [0.3, 0.4) is 0 Å². The predicted octanol–water partition coefficient (Wildman–Crippen LogP) is 3.91. The normalized spacial score (nSPS) is 22.6. The molecule has 0 radical (unpaired) electrons. The number of nitriles is 1. The fourth-order valence-corrected chi connectivity index (χ4v) is 2.57. The monoisotopic (exact) mass is 299 g/mol. The van der Waals surface area contributed by atoms with Crippen molar-refractivity contribution in [2.75, 3.05) is 7.11 Å². The van der Waals surface area contributed by atoms with Crippen LogP contribution in [-0.2, 0) is 10.9 Å². The number of hydrogen-bond acceptors (Lipinski definition) is 3. The highest BCUT2D eigenvalue weighted by Crippen LogP contribution is 2.35. The fraction of sp³-hybridized carbons (Fsp3) is 0.533. The van der Waals surface area contributed by atoms with Crippen LogP contribution in [0.2, 0.25) is 0 Å². The van der Waals surface area contributed by atoms with Gasteiger partial charge in [0, 0.05) is 7.11 Å². The summed E-state index contributed by atoms with van der Waals surface area (Å²) in [6.45, 7) is 0. The van der Waals surface area contributed by atoms with E-state index < -0.39 is 17.3 Å². The molecule has 2 unspecified atom stereocenters. The van der Waals surface area contributed by atoms with Gasteiger partial charge in [-0.1, -0.05) is 6.42 Å². The number of methoxy groups -OCH3 is 1. The highest BCUT2D eigenvalue weighted by molar-refractivity contribution is 5.44. The molecule has 1 saturated carbocycles. The predicted molar refractivity (Wildman–Crippen MR) is 69.8 cm³/mol. The molecule has 0 heterocycles. The van der Waals surface area contributed by atoms with Gasteiger partial charge in [0.05, 0.1) is 23.3 Å². The van der Waals surface area contributed by atoms with E-state index in [0.717, 1.165) is 37.8 Å². The van der Waals surface area contributed by atoms with Crippen LogP contribution in [-0.4, -0.2) is 19.3 Å². The standard InChI is InChI=1S/C15H16F3NO2/c1-20-13-4-2-3-5-14(13)21-11-7-6-10(9-19)12(8-11)15(16,17)18/h6-8,13-14H,2-5H2,1H3. The molecule has 1 aliphatic carbocycles. The molecule has 1 fully saturated rings. The zero-order valence-corrected chi connectivity index (χ0v) is 11.6. The Morgan fingerprint density at radius 2 is 1.86 bits per heavy atom. The van der Waals surface area contributed by atoms with Gasteiger partial charge in [-0.15, -0.1) is 0 Å². The fourth-order valence-electron chi connectivity index (χ4n) is 2.57. The minimum atomic E-state index is -4.57. The first-order valence-electron chi connectivity index (χ1n) is 6.76. The molecule has 0 aromatic heterocycles. The summed E-state index contributed by atoms with van der Waals surface area (Å²) in [7, 11) is 1.58. The van der Waals surface area contributed by atoms with Gasteiger partial charge in [0.1, 0.15) is 11.9 Å². The van der Waals surface area contributed by atoms with E-state index in [-0.39, 0.29) is 18.0 Å². The Bertz CT molecular complexity index is 537. The van der Waals surface area contributed by atoms with Crippen molar-refractivity contribution in [3.63, 3.8) is 0 Å². The number of alkyl halides is 3. The molecule has 0 bridgehead atoms. The van der Waals surface area contributed by atoms with Gasteiger partial charge < -0.3 is 9.47 Å². The zero-order chi connectivity index (χ0) is 15.5. The third kappa shape index (κ3) is 3.67. The number of halogens is 3. The van der Waals surface area contributed by atoms with Crippen LogP contribution in [0.15, 0.2) is 18.2 Å². The largest absolute Gasteiger partial charge is 0.488 e. The Morgan fingerprint density at radius 3 is 2.43 bits per heavy atom. The number of ether oxygens (including phenoxy) is 2. The molecule has 0 N–H and O–H groups in total. The molecular weight excluding hydrogens is 283 g/mol. The van der Waals surface area contributed by atoms with E-state index in [4.69, 9.17) is 14.7 Å². The molecule has 0 amide bonds. The summed E-state index contributed by atoms with van der Waals surface area (Å²) in [5, 5.41) is 8.76. The second kappa shape index (κ2) is 6.35. The van der Waals surface area contributed by atoms with Crippen molar-refractivity contribution in [2.24, 2.45) is 0 Å². The summed E-state index contributed by atoms with van der Waals surface area (Å²) >= 11 is 0. The zero-order valence-electron chi connectivity index (χ0n) is 11.6. The lowest BCUT2D eigenvalue weighted by Crippen LogP contribution is -2.36. The molecule has 0 spiro atoms. The lowest BCUT2D eigenvalue weighted by atomic mass is 9.94. The van der Waals surface area contributed by atoms with Crippen LogP contribution in [0.4, 0.5) is 13.2 Å². The Kier molecular flexibility index (Phi) is 4.73. The molecular formula is C15H16F3NO2. The van der Waals surface area contributed by atoms with Gasteiger partial charge in [-0.25, -0.2) is 0 Å². The van der Waals surface area contributed by atoms with Crippen LogP contribution in [0.5, 0.6) is 5.75 Å². The van der Waals surface area contributed by atoms with E-state index in [1.165, 1.54) is 6.07 Å². The molecule has 1 aliphatic rings. The van der Waals surface area contributed by atoms with Gasteiger partial charge in [0.25, 0.3) is 0 Å². The number of benzene rings is 1. The van der Waals surface area contributed by atoms with Crippen LogP contribution in [0.1, 0.15) is 36.8 Å². The smallest absolute Gasteiger partial charge is 0.417 e. The van der Waals surface area contributed by atoms with Crippen LogP contribution in [0, 0.1) is 11.3 Å². The molecule has 0 aliphatic heterocycles. The summed E-state index contributed by atoms with van der Waals surface area (Å²) in [4.78, 5) is 0. The average molecular weight is 299 g/mol. The molecule has 6 heteroatoms. The van der Waals surface area contributed by atoms with Crippen molar-refractivity contribution in [3.8, 4) is 11.8 Å². The third-order valence-electron chi connectivity index (χ3n) is 3.65. The second-order valence-corrected chi connectivity index (χ2v) is 5.03. The van der Waals surface area contributed by atoms with Crippen LogP contribution < -0.4 is 4.74 Å². The van der Waals surface area contributed by atoms with Crippen molar-refractivity contribution in [1.82, 2.24) is 0 Å². The summed E-state index contributed by atoms with van der Waals surface area (Å²) in [6, 6.07) is 4.98. The summed E-state index contributed by atoms with van der Waals surface area (Å²) in [5.74, 6) is 0.121. The number of hydrogen-bond donors (Lipinski definition) is 0. The van der Waals surface area contributed by atoms with E-state index in [9.17, 15) is 13.2 Å². The molecule has 3 nitrogen and oxygen atoms in total. The SMILES string of the molecule is COC1CCCCC1Oc1ccc(C#N)c(C(F)(F)F)c1. The quantitative estimate of drug-likeness (QED) is 0.849. The Balaban J connectivity index is 2.23. The summed E-state index contributed by atoms with van der Waals surface area (Å²) in [6.07, 6.45) is -1.35. The van der Waals surface area contributed by atoms with E-state index in [2.05, 4.69) is 0 Å². The van der Waals surface area contributed by atoms with Gasteiger partial charge in [-0.3, -0.25) is 0 Å². The van der Waals surface area contributed by atoms with E-state index in [0.29, 0.717) is 0 Å². The summed E-state index contributed by atoms with van der Waals surface area (Å²) in [5.41, 5.74) is -1.37. The molecule has 21 heavy (non-hydrogen) atoms. The number of rotatable bonds is 3. The maximum absolute atomic E-state index is 12.9. The van der Waals surface area contributed by atoms with Gasteiger partial charge in [-0.2, -0.15) is 18.4 Å². The highest BCUT2D eigenvalue weighted by Gasteiger charge is 2.34. The van der Waals surface area contributed by atoms with Crippen molar-refractivity contribution in [1.29, 1.82) is 5.26 Å². The van der Waals surface area contributed by atoms with Crippen LogP contribution in [0.25, 0.3) is 0 Å². The van der Waals surface area contributed by atoms with Gasteiger partial charge >= 0.3 is 6.18 Å². The summed E-state index contributed by atoms with van der Waals surface area (Å²) < 4.78 is 49.7. The Hall–Kier alpha value is -1.74. The van der Waals surface area contributed by atoms with Crippen molar-refractivity contribution in [3.05, 3.63) is 29.3 Å². The van der Waals surface area contributed by atoms with Crippen molar-refractivity contribution in [2.45, 2.75) is 44.1 Å². The number of nitrogens with zero attached hydrogens (tertiary/aromatic N) is 1. The van der Waals surface area contributed by atoms with Gasteiger partial charge in [0.2, 0.25) is 0 Å². The molecule has 2 rings (SSSR count). The first kappa shape index (κ1) is 15.6. The van der Waals surface area contributed by atoms with Gasteiger partial charge in [0.15, 0.2) is 0 Å². The van der Waals surface area contributed by atoms with Gasteiger partial charge in [-0.05, 0) is 37.5 Å². The first-order chi connectivity index (χ1) is 9.95. The maximum Gasteiger partial charge on any atom is 0.417 e. The van der Waals surface area contributed by atoms with Crippen molar-refractivity contribution < 1.29 is 22.6 Å². The Morgan fingerprint density at radius 1 is 1.19 bits per heavy atom. The topological polar surface area (TPSA) is 42.2 Å². The first-order valence-corrected chi connectivity index (χ1v) is 6.76. The molecule has 114 valence electrons. The minimum absolute atomic E-state index is 0.108. The molecule has 0 saturated heterocycles. The van der Waals surface area contributed by atoms with E-state index in [1.807, 2.05) is 0 Å². The molecule has 1 aromatic rings. The van der Waals surface area contributed by atoms with E-state index >= 15 is 0 Å².